The highest BCUT2D eigenvalue weighted by Gasteiger charge is 2.13. The van der Waals surface area contributed by atoms with E-state index in [1.165, 1.54) is 16.9 Å². The van der Waals surface area contributed by atoms with E-state index in [0.29, 0.717) is 16.2 Å². The Kier molecular flexibility index (Phi) is 3.28. The van der Waals surface area contributed by atoms with Gasteiger partial charge in [0.15, 0.2) is 5.82 Å². The number of pyridine rings is 1. The van der Waals surface area contributed by atoms with Gasteiger partial charge in [-0.25, -0.2) is 4.98 Å². The monoisotopic (exact) mass is 319 g/mol. The maximum Gasteiger partial charge on any atom is 0.269 e. The summed E-state index contributed by atoms with van der Waals surface area (Å²) in [6.07, 6.45) is 1.69. The number of hydrogen-bond donors (Lipinski definition) is 1. The molecule has 5 heteroatoms. The van der Waals surface area contributed by atoms with Gasteiger partial charge in [-0.3, -0.25) is 9.78 Å². The van der Waals surface area contributed by atoms with E-state index in [0.717, 1.165) is 16.6 Å². The Morgan fingerprint density at radius 3 is 2.65 bits per heavy atom. The van der Waals surface area contributed by atoms with Crippen molar-refractivity contribution in [2.45, 2.75) is 6.92 Å². The molecule has 0 spiro atoms. The van der Waals surface area contributed by atoms with E-state index >= 15 is 0 Å². The van der Waals surface area contributed by atoms with Gasteiger partial charge in [-0.15, -0.1) is 11.3 Å². The molecule has 4 nitrogen and oxygen atoms in total. The zero-order valence-electron chi connectivity index (χ0n) is 12.4. The number of H-pyrrole nitrogens is 1. The van der Waals surface area contributed by atoms with Gasteiger partial charge in [0.1, 0.15) is 10.4 Å². The first kappa shape index (κ1) is 13.8. The molecule has 23 heavy (non-hydrogen) atoms. The molecule has 0 amide bonds. The summed E-state index contributed by atoms with van der Waals surface area (Å²) in [5.74, 6) is 0.495. The lowest BCUT2D eigenvalue weighted by Gasteiger charge is -2.03. The van der Waals surface area contributed by atoms with Crippen LogP contribution in [0.5, 0.6) is 0 Å². The molecule has 1 aromatic carbocycles. The summed E-state index contributed by atoms with van der Waals surface area (Å²) < 4.78 is 0.639. The van der Waals surface area contributed by atoms with Gasteiger partial charge in [0, 0.05) is 17.1 Å². The number of rotatable bonds is 2. The van der Waals surface area contributed by atoms with Crippen LogP contribution in [0.25, 0.3) is 32.9 Å². The van der Waals surface area contributed by atoms with Crippen LogP contribution in [0.3, 0.4) is 0 Å². The number of hydrogen-bond acceptors (Lipinski definition) is 4. The van der Waals surface area contributed by atoms with Crippen molar-refractivity contribution in [3.8, 4) is 22.6 Å². The Balaban J connectivity index is 1.96. The van der Waals surface area contributed by atoms with Gasteiger partial charge in [0.2, 0.25) is 0 Å². The van der Waals surface area contributed by atoms with Crippen LogP contribution in [0.2, 0.25) is 0 Å². The number of nitrogens with zero attached hydrogens (tertiary/aromatic N) is 2. The fourth-order valence-electron chi connectivity index (χ4n) is 2.49. The lowest BCUT2D eigenvalue weighted by atomic mass is 10.1. The Morgan fingerprint density at radius 2 is 1.91 bits per heavy atom. The molecule has 3 heterocycles. The molecule has 3 aromatic heterocycles. The number of thiophene rings is 1. The van der Waals surface area contributed by atoms with E-state index in [1.54, 1.807) is 6.20 Å². The molecule has 0 fully saturated rings. The van der Waals surface area contributed by atoms with Crippen molar-refractivity contribution in [1.29, 1.82) is 0 Å². The first-order valence-electron chi connectivity index (χ1n) is 7.22. The fourth-order valence-corrected chi connectivity index (χ4v) is 3.40. The van der Waals surface area contributed by atoms with Crippen LogP contribution in [0.15, 0.2) is 58.8 Å². The molecule has 0 bridgehead atoms. The summed E-state index contributed by atoms with van der Waals surface area (Å²) >= 11 is 1.42. The molecule has 0 unspecified atom stereocenters. The molecule has 0 radical (unpaired) electrons. The van der Waals surface area contributed by atoms with Crippen LogP contribution >= 0.6 is 11.3 Å². The minimum atomic E-state index is -0.126. The SMILES string of the molecule is Cc1ccc(-c2csc3c(=O)[nH]c(-c4ccccn4)nc23)cc1. The molecule has 4 aromatic rings. The molecule has 0 saturated carbocycles. The van der Waals surface area contributed by atoms with Gasteiger partial charge in [0.05, 0.1) is 5.52 Å². The van der Waals surface area contributed by atoms with Gasteiger partial charge in [-0.05, 0) is 24.6 Å². The molecule has 0 aliphatic rings. The summed E-state index contributed by atoms with van der Waals surface area (Å²) in [5, 5.41) is 1.99. The van der Waals surface area contributed by atoms with E-state index in [-0.39, 0.29) is 5.56 Å². The number of benzene rings is 1. The lowest BCUT2D eigenvalue weighted by Crippen LogP contribution is -2.08. The molecule has 0 atom stereocenters. The molecule has 4 rings (SSSR count). The van der Waals surface area contributed by atoms with Crippen molar-refractivity contribution < 1.29 is 0 Å². The number of nitrogens with one attached hydrogen (secondary N) is 1. The standard InChI is InChI=1S/C18H13N3OS/c1-11-5-7-12(8-6-11)13-10-23-16-15(13)20-17(21-18(16)22)14-4-2-3-9-19-14/h2-10H,1H3,(H,20,21,22). The summed E-state index contributed by atoms with van der Waals surface area (Å²) in [5.41, 5.74) is 4.50. The van der Waals surface area contributed by atoms with Crippen molar-refractivity contribution in [3.63, 3.8) is 0 Å². The van der Waals surface area contributed by atoms with Gasteiger partial charge in [0.25, 0.3) is 5.56 Å². The molecule has 1 N–H and O–H groups in total. The molecule has 0 aliphatic carbocycles. The highest BCUT2D eigenvalue weighted by atomic mass is 32.1. The Hall–Kier alpha value is -2.79. The number of fused-ring (bicyclic) bond motifs is 1. The number of aryl methyl sites for hydroxylation is 1. The molecule has 0 aliphatic heterocycles. The molecular weight excluding hydrogens is 306 g/mol. The second-order valence-corrected chi connectivity index (χ2v) is 6.20. The first-order valence-corrected chi connectivity index (χ1v) is 8.10. The van der Waals surface area contributed by atoms with Crippen molar-refractivity contribution in [3.05, 3.63) is 70.0 Å². The van der Waals surface area contributed by atoms with Crippen molar-refractivity contribution >= 4 is 21.6 Å². The van der Waals surface area contributed by atoms with Crippen LogP contribution in [0, 0.1) is 6.92 Å². The highest BCUT2D eigenvalue weighted by molar-refractivity contribution is 7.17. The summed E-state index contributed by atoms with van der Waals surface area (Å²) in [4.78, 5) is 24.1. The van der Waals surface area contributed by atoms with Crippen LogP contribution < -0.4 is 5.56 Å². The average Bonchev–Trinajstić information content (AvgIpc) is 3.01. The molecule has 112 valence electrons. The van der Waals surface area contributed by atoms with E-state index in [4.69, 9.17) is 0 Å². The van der Waals surface area contributed by atoms with E-state index in [1.807, 2.05) is 23.6 Å². The molecule has 0 saturated heterocycles. The maximum absolute atomic E-state index is 12.4. The van der Waals surface area contributed by atoms with E-state index in [9.17, 15) is 4.79 Å². The minimum absolute atomic E-state index is 0.126. The smallest absolute Gasteiger partial charge is 0.269 e. The third-order valence-corrected chi connectivity index (χ3v) is 4.66. The fraction of sp³-hybridized carbons (Fsp3) is 0.0556. The predicted molar refractivity (Wildman–Crippen MR) is 93.6 cm³/mol. The van der Waals surface area contributed by atoms with Crippen LogP contribution in [0.4, 0.5) is 0 Å². The summed E-state index contributed by atoms with van der Waals surface area (Å²) in [6.45, 7) is 2.05. The third-order valence-electron chi connectivity index (χ3n) is 3.70. The lowest BCUT2D eigenvalue weighted by molar-refractivity contribution is 1.15. The quantitative estimate of drug-likeness (QED) is 0.607. The van der Waals surface area contributed by atoms with Crippen molar-refractivity contribution in [2.24, 2.45) is 0 Å². The van der Waals surface area contributed by atoms with E-state index in [2.05, 4.69) is 46.1 Å². The first-order chi connectivity index (χ1) is 11.2. The topological polar surface area (TPSA) is 58.6 Å². The second kappa shape index (κ2) is 5.44. The highest BCUT2D eigenvalue weighted by Crippen LogP contribution is 2.31. The van der Waals surface area contributed by atoms with Gasteiger partial charge >= 0.3 is 0 Å². The maximum atomic E-state index is 12.4. The van der Waals surface area contributed by atoms with Crippen LogP contribution in [0.1, 0.15) is 5.56 Å². The van der Waals surface area contributed by atoms with Crippen molar-refractivity contribution in [2.75, 3.05) is 0 Å². The van der Waals surface area contributed by atoms with Crippen LogP contribution in [-0.4, -0.2) is 15.0 Å². The van der Waals surface area contributed by atoms with Crippen molar-refractivity contribution in [1.82, 2.24) is 15.0 Å². The Bertz CT molecular complexity index is 1030. The van der Waals surface area contributed by atoms with Gasteiger partial charge in [-0.1, -0.05) is 35.9 Å². The normalized spacial score (nSPS) is 11.0. The molecular formula is C18H13N3OS. The largest absolute Gasteiger partial charge is 0.304 e. The van der Waals surface area contributed by atoms with Gasteiger partial charge in [-0.2, -0.15) is 0 Å². The Morgan fingerprint density at radius 1 is 1.09 bits per heavy atom. The van der Waals surface area contributed by atoms with E-state index < -0.39 is 0 Å². The average molecular weight is 319 g/mol. The summed E-state index contributed by atoms with van der Waals surface area (Å²) in [7, 11) is 0. The zero-order chi connectivity index (χ0) is 15.8. The predicted octanol–water partition coefficient (Wildman–Crippen LogP) is 4.02. The van der Waals surface area contributed by atoms with Gasteiger partial charge < -0.3 is 4.98 Å². The van der Waals surface area contributed by atoms with Crippen LogP contribution in [-0.2, 0) is 0 Å². The zero-order valence-corrected chi connectivity index (χ0v) is 13.2. The second-order valence-electron chi connectivity index (χ2n) is 5.32. The summed E-state index contributed by atoms with van der Waals surface area (Å²) in [6, 6.07) is 13.8. The minimum Gasteiger partial charge on any atom is -0.304 e. The Labute approximate surface area is 136 Å². The number of aromatic amines is 1. The third kappa shape index (κ3) is 2.45. The number of aromatic nitrogens is 3.